The summed E-state index contributed by atoms with van der Waals surface area (Å²) < 4.78 is 0. The lowest BCUT2D eigenvalue weighted by molar-refractivity contribution is -0.121. The predicted octanol–water partition coefficient (Wildman–Crippen LogP) is 2.54. The van der Waals surface area contributed by atoms with E-state index in [1.54, 1.807) is 0 Å². The first-order chi connectivity index (χ1) is 10.5. The Balaban J connectivity index is 1.73. The number of carbonyl (C=O) groups is 2. The molecule has 0 aromatic heterocycles. The summed E-state index contributed by atoms with van der Waals surface area (Å²) in [6, 6.07) is 7.32. The standard InChI is InChI=1S/C16H22ClN3O2/c1-20(10-12-6-2-5-9-14(12)17)11-15(21)19-16(22)18-13-7-3-4-8-13/h2,5-6,9,13H,3-4,7-8,10-11H2,1H3,(H2,18,19,21,22). The van der Waals surface area contributed by atoms with Gasteiger partial charge >= 0.3 is 6.03 Å². The average Bonchev–Trinajstić information content (AvgIpc) is 2.93. The number of benzene rings is 1. The van der Waals surface area contributed by atoms with Crippen LogP contribution in [0.1, 0.15) is 31.2 Å². The van der Waals surface area contributed by atoms with Crippen molar-refractivity contribution in [1.29, 1.82) is 0 Å². The van der Waals surface area contributed by atoms with Gasteiger partial charge in [0.15, 0.2) is 0 Å². The number of amides is 3. The molecule has 3 amide bonds. The van der Waals surface area contributed by atoms with E-state index in [4.69, 9.17) is 11.6 Å². The minimum atomic E-state index is -0.400. The maximum atomic E-state index is 11.9. The molecule has 0 saturated heterocycles. The summed E-state index contributed by atoms with van der Waals surface area (Å²) in [6.07, 6.45) is 4.26. The quantitative estimate of drug-likeness (QED) is 0.875. The lowest BCUT2D eigenvalue weighted by Gasteiger charge is -2.17. The van der Waals surface area contributed by atoms with Crippen molar-refractivity contribution in [1.82, 2.24) is 15.5 Å². The van der Waals surface area contributed by atoms with Crippen LogP contribution in [0.3, 0.4) is 0 Å². The topological polar surface area (TPSA) is 61.4 Å². The third kappa shape index (κ3) is 5.31. The van der Waals surface area contributed by atoms with Gasteiger partial charge in [-0.1, -0.05) is 42.6 Å². The first-order valence-electron chi connectivity index (χ1n) is 7.57. The van der Waals surface area contributed by atoms with Crippen molar-refractivity contribution in [3.63, 3.8) is 0 Å². The summed E-state index contributed by atoms with van der Waals surface area (Å²) >= 11 is 6.09. The Hall–Kier alpha value is -1.59. The van der Waals surface area contributed by atoms with Crippen LogP contribution in [0.2, 0.25) is 5.02 Å². The van der Waals surface area contributed by atoms with Crippen LogP contribution < -0.4 is 10.6 Å². The summed E-state index contributed by atoms with van der Waals surface area (Å²) in [7, 11) is 1.82. The largest absolute Gasteiger partial charge is 0.335 e. The van der Waals surface area contributed by atoms with Gasteiger partial charge in [-0.05, 0) is 31.5 Å². The molecule has 0 spiro atoms. The Labute approximate surface area is 136 Å². The molecule has 2 rings (SSSR count). The molecule has 6 heteroatoms. The molecule has 0 atom stereocenters. The molecule has 1 fully saturated rings. The summed E-state index contributed by atoms with van der Waals surface area (Å²) in [6.45, 7) is 0.695. The fraction of sp³-hybridized carbons (Fsp3) is 0.500. The van der Waals surface area contributed by atoms with Crippen molar-refractivity contribution in [3.8, 4) is 0 Å². The Kier molecular flexibility index (Phi) is 6.21. The van der Waals surface area contributed by atoms with Crippen molar-refractivity contribution >= 4 is 23.5 Å². The van der Waals surface area contributed by atoms with Gasteiger partial charge in [-0.25, -0.2) is 4.79 Å². The van der Waals surface area contributed by atoms with Crippen LogP contribution in [0, 0.1) is 0 Å². The highest BCUT2D eigenvalue weighted by Gasteiger charge is 2.18. The monoisotopic (exact) mass is 323 g/mol. The fourth-order valence-corrected chi connectivity index (χ4v) is 2.87. The maximum Gasteiger partial charge on any atom is 0.321 e. The van der Waals surface area contributed by atoms with Crippen molar-refractivity contribution in [3.05, 3.63) is 34.9 Å². The van der Waals surface area contributed by atoms with Gasteiger partial charge in [-0.3, -0.25) is 15.0 Å². The van der Waals surface area contributed by atoms with E-state index < -0.39 is 6.03 Å². The van der Waals surface area contributed by atoms with Gasteiger partial charge in [0, 0.05) is 17.6 Å². The predicted molar refractivity (Wildman–Crippen MR) is 86.7 cm³/mol. The molecule has 1 aliphatic rings. The highest BCUT2D eigenvalue weighted by molar-refractivity contribution is 6.31. The van der Waals surface area contributed by atoms with Crippen molar-refractivity contribution in [2.24, 2.45) is 0 Å². The highest BCUT2D eigenvalue weighted by atomic mass is 35.5. The normalized spacial score (nSPS) is 15.0. The Morgan fingerprint density at radius 2 is 1.95 bits per heavy atom. The number of hydrogen-bond acceptors (Lipinski definition) is 3. The summed E-state index contributed by atoms with van der Waals surface area (Å²) in [5.41, 5.74) is 0.954. The number of imide groups is 1. The zero-order valence-corrected chi connectivity index (χ0v) is 13.5. The minimum absolute atomic E-state index is 0.142. The van der Waals surface area contributed by atoms with Gasteiger partial charge in [-0.2, -0.15) is 0 Å². The molecule has 1 aliphatic carbocycles. The van der Waals surface area contributed by atoms with Gasteiger partial charge < -0.3 is 5.32 Å². The Morgan fingerprint density at radius 1 is 1.27 bits per heavy atom. The highest BCUT2D eigenvalue weighted by Crippen LogP contribution is 2.17. The number of urea groups is 1. The molecule has 0 aliphatic heterocycles. The third-order valence-electron chi connectivity index (χ3n) is 3.75. The van der Waals surface area contributed by atoms with E-state index in [2.05, 4.69) is 10.6 Å². The lowest BCUT2D eigenvalue weighted by Crippen LogP contribution is -2.46. The van der Waals surface area contributed by atoms with Gasteiger partial charge in [0.25, 0.3) is 0 Å². The molecule has 0 heterocycles. The van der Waals surface area contributed by atoms with Crippen LogP contribution in [0.5, 0.6) is 0 Å². The molecule has 0 radical (unpaired) electrons. The second-order valence-corrected chi connectivity index (χ2v) is 6.17. The summed E-state index contributed by atoms with van der Waals surface area (Å²) in [5, 5.41) is 5.88. The maximum absolute atomic E-state index is 11.9. The van der Waals surface area contributed by atoms with E-state index in [1.165, 1.54) is 0 Å². The van der Waals surface area contributed by atoms with Gasteiger partial charge in [0.1, 0.15) is 0 Å². The molecule has 5 nitrogen and oxygen atoms in total. The first-order valence-corrected chi connectivity index (χ1v) is 7.94. The zero-order valence-electron chi connectivity index (χ0n) is 12.8. The first kappa shape index (κ1) is 16.8. The lowest BCUT2D eigenvalue weighted by atomic mass is 10.2. The van der Waals surface area contributed by atoms with Crippen LogP contribution in [0.4, 0.5) is 4.79 Å². The summed E-state index contributed by atoms with van der Waals surface area (Å²) in [5.74, 6) is -0.315. The number of likely N-dealkylation sites (N-methyl/N-ethyl adjacent to an activating group) is 1. The van der Waals surface area contributed by atoms with Crippen molar-refractivity contribution in [2.75, 3.05) is 13.6 Å². The van der Waals surface area contributed by atoms with E-state index in [9.17, 15) is 9.59 Å². The number of hydrogen-bond donors (Lipinski definition) is 2. The van der Waals surface area contributed by atoms with Crippen LogP contribution in [-0.2, 0) is 11.3 Å². The van der Waals surface area contributed by atoms with E-state index >= 15 is 0 Å². The molecule has 0 unspecified atom stereocenters. The molecule has 2 N–H and O–H groups in total. The van der Waals surface area contributed by atoms with Gasteiger partial charge in [-0.15, -0.1) is 0 Å². The minimum Gasteiger partial charge on any atom is -0.335 e. The van der Waals surface area contributed by atoms with Crippen LogP contribution in [0.25, 0.3) is 0 Å². The van der Waals surface area contributed by atoms with E-state index in [0.29, 0.717) is 11.6 Å². The van der Waals surface area contributed by atoms with Crippen LogP contribution in [-0.4, -0.2) is 36.5 Å². The zero-order chi connectivity index (χ0) is 15.9. The van der Waals surface area contributed by atoms with Crippen molar-refractivity contribution < 1.29 is 9.59 Å². The molecule has 1 saturated carbocycles. The molecule has 1 aromatic rings. The molecule has 1 aromatic carbocycles. The molecule has 120 valence electrons. The second kappa shape index (κ2) is 8.15. The van der Waals surface area contributed by atoms with E-state index in [1.807, 2.05) is 36.2 Å². The van der Waals surface area contributed by atoms with E-state index in [-0.39, 0.29) is 18.5 Å². The molecular weight excluding hydrogens is 302 g/mol. The Bertz CT molecular complexity index is 530. The number of rotatable bonds is 5. The Morgan fingerprint density at radius 3 is 2.64 bits per heavy atom. The van der Waals surface area contributed by atoms with Crippen LogP contribution in [0.15, 0.2) is 24.3 Å². The van der Waals surface area contributed by atoms with Crippen LogP contribution >= 0.6 is 11.6 Å². The molecule has 22 heavy (non-hydrogen) atoms. The summed E-state index contributed by atoms with van der Waals surface area (Å²) in [4.78, 5) is 25.4. The smallest absolute Gasteiger partial charge is 0.321 e. The second-order valence-electron chi connectivity index (χ2n) is 5.77. The van der Waals surface area contributed by atoms with E-state index in [0.717, 1.165) is 31.2 Å². The number of nitrogens with zero attached hydrogens (tertiary/aromatic N) is 1. The molecular formula is C16H22ClN3O2. The number of nitrogens with one attached hydrogen (secondary N) is 2. The average molecular weight is 324 g/mol. The van der Waals surface area contributed by atoms with Crippen molar-refractivity contribution in [2.45, 2.75) is 38.3 Å². The number of halogens is 1. The SMILES string of the molecule is CN(CC(=O)NC(=O)NC1CCCC1)Cc1ccccc1Cl. The fourth-order valence-electron chi connectivity index (χ4n) is 2.68. The van der Waals surface area contributed by atoms with Gasteiger partial charge in [0.2, 0.25) is 5.91 Å². The molecule has 0 bridgehead atoms. The number of carbonyl (C=O) groups excluding carboxylic acids is 2. The third-order valence-corrected chi connectivity index (χ3v) is 4.12. The van der Waals surface area contributed by atoms with Gasteiger partial charge in [0.05, 0.1) is 6.54 Å².